The average Bonchev–Trinajstić information content (AvgIpc) is 3.45. The lowest BCUT2D eigenvalue weighted by molar-refractivity contribution is -0.121. The molecule has 0 radical (unpaired) electrons. The Morgan fingerprint density at radius 1 is 1.14 bits per heavy atom. The van der Waals surface area contributed by atoms with Crippen LogP contribution in [0.2, 0.25) is 0 Å². The highest BCUT2D eigenvalue weighted by Crippen LogP contribution is 2.36. The van der Waals surface area contributed by atoms with Gasteiger partial charge < -0.3 is 31.2 Å². The normalized spacial score (nSPS) is 10.6. The summed E-state index contributed by atoms with van der Waals surface area (Å²) in [4.78, 5) is 44.6. The van der Waals surface area contributed by atoms with E-state index in [1.165, 1.54) is 41.2 Å². The molecule has 2 aromatic carbocycles. The summed E-state index contributed by atoms with van der Waals surface area (Å²) >= 11 is 0. The SMILES string of the molecule is CCc1c(C(=O)NCCNC(=O)CCN)ccc(Nc2nccn3c(-c4ccc(OCC#N)c(F)c4F)cnc23)c1OC=O. The van der Waals surface area contributed by atoms with E-state index in [0.717, 1.165) is 0 Å². The number of nitriles is 1. The third-order valence-electron chi connectivity index (χ3n) is 6.42. The van der Waals surface area contributed by atoms with Crippen molar-refractivity contribution in [3.05, 3.63) is 65.6 Å². The number of imidazole rings is 1. The lowest BCUT2D eigenvalue weighted by atomic mass is 10.0. The van der Waals surface area contributed by atoms with Crippen molar-refractivity contribution in [3.63, 3.8) is 0 Å². The average molecular weight is 607 g/mol. The van der Waals surface area contributed by atoms with Gasteiger partial charge in [0.15, 0.2) is 35.4 Å². The number of rotatable bonds is 14. The van der Waals surface area contributed by atoms with Gasteiger partial charge >= 0.3 is 0 Å². The number of anilines is 2. The van der Waals surface area contributed by atoms with Crippen LogP contribution < -0.4 is 31.2 Å². The van der Waals surface area contributed by atoms with Crippen molar-refractivity contribution in [1.82, 2.24) is 25.0 Å². The number of benzene rings is 2. The zero-order chi connectivity index (χ0) is 31.6. The molecular weight excluding hydrogens is 578 g/mol. The van der Waals surface area contributed by atoms with E-state index in [1.807, 2.05) is 0 Å². The topological polar surface area (TPSA) is 186 Å². The molecule has 0 spiro atoms. The number of carbonyl (C=O) groups excluding carboxylic acids is 3. The number of halogens is 2. The molecule has 0 aliphatic carbocycles. The number of hydrogen-bond donors (Lipinski definition) is 4. The van der Waals surface area contributed by atoms with Crippen LogP contribution in [0.1, 0.15) is 29.3 Å². The van der Waals surface area contributed by atoms with E-state index in [2.05, 4.69) is 25.9 Å². The van der Waals surface area contributed by atoms with E-state index in [1.54, 1.807) is 19.1 Å². The first-order valence-electron chi connectivity index (χ1n) is 13.4. The van der Waals surface area contributed by atoms with Gasteiger partial charge in [-0.25, -0.2) is 14.4 Å². The summed E-state index contributed by atoms with van der Waals surface area (Å²) < 4.78 is 41.3. The summed E-state index contributed by atoms with van der Waals surface area (Å²) in [5.41, 5.74) is 6.67. The van der Waals surface area contributed by atoms with Crippen molar-refractivity contribution in [2.24, 2.45) is 5.73 Å². The molecule has 0 aliphatic rings. The lowest BCUT2D eigenvalue weighted by Gasteiger charge is -2.17. The number of fused-ring (bicyclic) bond motifs is 1. The zero-order valence-corrected chi connectivity index (χ0v) is 23.5. The Labute approximate surface area is 250 Å². The minimum atomic E-state index is -1.25. The van der Waals surface area contributed by atoms with Crippen molar-refractivity contribution < 1.29 is 32.6 Å². The van der Waals surface area contributed by atoms with E-state index >= 15 is 4.39 Å². The van der Waals surface area contributed by atoms with Gasteiger partial charge in [-0.1, -0.05) is 6.92 Å². The predicted octanol–water partition coefficient (Wildman–Crippen LogP) is 2.61. The Balaban J connectivity index is 1.62. The fourth-order valence-corrected chi connectivity index (χ4v) is 4.45. The molecule has 0 atom stereocenters. The van der Waals surface area contributed by atoms with Crippen molar-refractivity contribution in [2.45, 2.75) is 19.8 Å². The summed E-state index contributed by atoms with van der Waals surface area (Å²) in [6.07, 6.45) is 4.75. The maximum atomic E-state index is 15.0. The van der Waals surface area contributed by atoms with E-state index in [4.69, 9.17) is 20.5 Å². The number of carbonyl (C=O) groups is 3. The zero-order valence-electron chi connectivity index (χ0n) is 23.5. The van der Waals surface area contributed by atoms with Crippen molar-refractivity contribution >= 4 is 35.4 Å². The highest BCUT2D eigenvalue weighted by Gasteiger charge is 2.22. The van der Waals surface area contributed by atoms with Crippen molar-refractivity contribution in [3.8, 4) is 28.8 Å². The Morgan fingerprint density at radius 3 is 2.66 bits per heavy atom. The van der Waals surface area contributed by atoms with Crippen LogP contribution in [-0.2, 0) is 16.0 Å². The number of nitrogens with two attached hydrogens (primary N) is 1. The largest absolute Gasteiger partial charge is 0.476 e. The molecule has 0 saturated heterocycles. The van der Waals surface area contributed by atoms with Crippen LogP contribution in [0, 0.1) is 23.0 Å². The molecule has 0 aliphatic heterocycles. The maximum absolute atomic E-state index is 15.0. The number of nitrogens with one attached hydrogen (secondary N) is 3. The summed E-state index contributed by atoms with van der Waals surface area (Å²) in [5.74, 6) is -3.21. The standard InChI is InChI=1S/C29H28F2N8O5/c1-2-17-18(29(42)36-11-10-34-23(41)7-8-32)3-5-20(26(17)44-16-40)38-27-28-37-15-21(39(28)13-12-35-27)19-4-6-22(43-14-9-33)25(31)24(19)30/h3-6,12-13,15-16H,2,7-8,10-11,14,32H2,1H3,(H,34,41)(H,35,38)(H,36,42). The second-order valence-corrected chi connectivity index (χ2v) is 9.10. The first kappa shape index (κ1) is 31.3. The minimum absolute atomic E-state index is 0.0862. The highest BCUT2D eigenvalue weighted by molar-refractivity contribution is 5.98. The Bertz CT molecular complexity index is 1740. The molecule has 2 heterocycles. The summed E-state index contributed by atoms with van der Waals surface area (Å²) in [5, 5.41) is 17.1. The van der Waals surface area contributed by atoms with Gasteiger partial charge in [0.25, 0.3) is 12.4 Å². The fraction of sp³-hybridized carbons (Fsp3) is 0.241. The number of ether oxygens (including phenoxy) is 2. The van der Waals surface area contributed by atoms with Crippen LogP contribution in [0.4, 0.5) is 20.3 Å². The molecule has 15 heteroatoms. The van der Waals surface area contributed by atoms with E-state index in [9.17, 15) is 18.8 Å². The Morgan fingerprint density at radius 2 is 1.93 bits per heavy atom. The van der Waals surface area contributed by atoms with Gasteiger partial charge in [0, 0.05) is 55.1 Å². The Hall–Kier alpha value is -5.62. The van der Waals surface area contributed by atoms with Crippen LogP contribution in [-0.4, -0.2) is 58.9 Å². The van der Waals surface area contributed by atoms with Crippen LogP contribution in [0.3, 0.4) is 0 Å². The van der Waals surface area contributed by atoms with Crippen LogP contribution in [0.5, 0.6) is 11.5 Å². The smallest absolute Gasteiger partial charge is 0.298 e. The second kappa shape index (κ2) is 14.5. The quantitative estimate of drug-likeness (QED) is 0.123. The monoisotopic (exact) mass is 606 g/mol. The number of aromatic nitrogens is 3. The fourth-order valence-electron chi connectivity index (χ4n) is 4.45. The molecular formula is C29H28F2N8O5. The molecule has 5 N–H and O–H groups in total. The third-order valence-corrected chi connectivity index (χ3v) is 6.42. The van der Waals surface area contributed by atoms with Gasteiger partial charge in [-0.2, -0.15) is 9.65 Å². The lowest BCUT2D eigenvalue weighted by Crippen LogP contribution is -2.35. The maximum Gasteiger partial charge on any atom is 0.298 e. The van der Waals surface area contributed by atoms with E-state index < -0.39 is 29.9 Å². The Kier molecular flexibility index (Phi) is 10.3. The van der Waals surface area contributed by atoms with Crippen LogP contribution >= 0.6 is 0 Å². The molecule has 4 rings (SSSR count). The molecule has 228 valence electrons. The first-order valence-corrected chi connectivity index (χ1v) is 13.4. The van der Waals surface area contributed by atoms with Gasteiger partial charge in [-0.3, -0.25) is 18.8 Å². The van der Waals surface area contributed by atoms with Crippen molar-refractivity contribution in [1.29, 1.82) is 5.26 Å². The van der Waals surface area contributed by atoms with Crippen LogP contribution in [0.15, 0.2) is 42.9 Å². The molecule has 0 fully saturated rings. The highest BCUT2D eigenvalue weighted by atomic mass is 19.2. The third kappa shape index (κ3) is 6.71. The van der Waals surface area contributed by atoms with Crippen LogP contribution in [0.25, 0.3) is 16.9 Å². The van der Waals surface area contributed by atoms with Gasteiger partial charge in [0.05, 0.1) is 17.6 Å². The molecule has 44 heavy (non-hydrogen) atoms. The van der Waals surface area contributed by atoms with E-state index in [0.29, 0.717) is 17.7 Å². The molecule has 0 unspecified atom stereocenters. The van der Waals surface area contributed by atoms with Gasteiger partial charge in [-0.05, 0) is 30.7 Å². The number of nitrogens with zero attached hydrogens (tertiary/aromatic N) is 4. The number of amides is 2. The first-order chi connectivity index (χ1) is 21.3. The molecule has 2 aromatic heterocycles. The van der Waals surface area contributed by atoms with E-state index in [-0.39, 0.29) is 72.5 Å². The van der Waals surface area contributed by atoms with Gasteiger partial charge in [-0.15, -0.1) is 0 Å². The molecule has 0 saturated carbocycles. The number of hydrogen-bond acceptors (Lipinski definition) is 10. The van der Waals surface area contributed by atoms with Gasteiger partial charge in [0.1, 0.15) is 6.07 Å². The minimum Gasteiger partial charge on any atom is -0.476 e. The molecule has 13 nitrogen and oxygen atoms in total. The molecule has 4 aromatic rings. The summed E-state index contributed by atoms with van der Waals surface area (Å²) in [6, 6.07) is 7.30. The van der Waals surface area contributed by atoms with Crippen molar-refractivity contribution in [2.75, 3.05) is 31.6 Å². The summed E-state index contributed by atoms with van der Waals surface area (Å²) in [7, 11) is 0. The molecule has 0 bridgehead atoms. The van der Waals surface area contributed by atoms with Gasteiger partial charge in [0.2, 0.25) is 11.7 Å². The second-order valence-electron chi connectivity index (χ2n) is 9.10. The summed E-state index contributed by atoms with van der Waals surface area (Å²) in [6.45, 7) is 2.17. The molecule has 2 amide bonds. The predicted molar refractivity (Wildman–Crippen MR) is 154 cm³/mol.